The van der Waals surface area contributed by atoms with Gasteiger partial charge < -0.3 is 24.8 Å². The van der Waals surface area contributed by atoms with Crippen LogP contribution in [-0.2, 0) is 37.0 Å². The molecule has 2 aliphatic rings. The van der Waals surface area contributed by atoms with Crippen LogP contribution in [0, 0.1) is 6.92 Å². The van der Waals surface area contributed by atoms with Crippen molar-refractivity contribution < 1.29 is 78.7 Å². The van der Waals surface area contributed by atoms with Crippen molar-refractivity contribution in [3.63, 3.8) is 0 Å². The quantitative estimate of drug-likeness (QED) is 0.378. The van der Waals surface area contributed by atoms with Crippen LogP contribution in [0.1, 0.15) is 29.8 Å². The third-order valence-electron chi connectivity index (χ3n) is 5.74. The first-order valence-electron chi connectivity index (χ1n) is 12.7. The molecule has 2 saturated heterocycles. The molecule has 4 rings (SSSR count). The van der Waals surface area contributed by atoms with Gasteiger partial charge >= 0.3 is 36.4 Å². The Balaban J connectivity index is 0.000000413. The largest absolute Gasteiger partial charge is 0.490 e. The van der Waals surface area contributed by atoms with Gasteiger partial charge in [-0.25, -0.2) is 14.4 Å². The molecule has 0 aliphatic carbocycles. The van der Waals surface area contributed by atoms with E-state index in [9.17, 15) is 39.5 Å². The number of ether oxygens (including phenoxy) is 2. The SMILES string of the molecule is Cc1cccc(COC2CCOC3(C2)CN(Cc2cccnc2)C3)n1.O=C(O)C(F)(F)F.O=C(O)C(F)(F)F.O=C(O)C(F)(F)F. The molecule has 1 spiro atoms. The number of carboxylic acids is 3. The zero-order valence-corrected chi connectivity index (χ0v) is 23.7. The Morgan fingerprint density at radius 1 is 0.913 bits per heavy atom. The van der Waals surface area contributed by atoms with Gasteiger partial charge in [0, 0.05) is 50.7 Å². The maximum absolute atomic E-state index is 10.6. The van der Waals surface area contributed by atoms with E-state index in [2.05, 4.69) is 20.9 Å². The molecule has 2 fully saturated rings. The average Bonchev–Trinajstić information content (AvgIpc) is 2.91. The van der Waals surface area contributed by atoms with E-state index in [4.69, 9.17) is 39.2 Å². The lowest BCUT2D eigenvalue weighted by atomic mass is 9.84. The number of carbonyl (C=O) groups is 3. The normalized spacial score (nSPS) is 17.5. The zero-order chi connectivity index (χ0) is 35.3. The number of rotatable bonds is 5. The van der Waals surface area contributed by atoms with Crippen LogP contribution in [0.25, 0.3) is 0 Å². The molecule has 11 nitrogen and oxygen atoms in total. The lowest BCUT2D eigenvalue weighted by Crippen LogP contribution is -2.65. The smallest absolute Gasteiger partial charge is 0.475 e. The zero-order valence-electron chi connectivity index (χ0n) is 23.7. The lowest BCUT2D eigenvalue weighted by molar-refractivity contribution is -0.200. The predicted molar refractivity (Wildman–Crippen MR) is 136 cm³/mol. The number of alkyl halides is 9. The summed E-state index contributed by atoms with van der Waals surface area (Å²) in [6.07, 6.45) is -9.29. The number of likely N-dealkylation sites (tertiary alicyclic amines) is 1. The summed E-state index contributed by atoms with van der Waals surface area (Å²) >= 11 is 0. The molecule has 46 heavy (non-hydrogen) atoms. The molecule has 2 aromatic heterocycles. The van der Waals surface area contributed by atoms with Gasteiger partial charge in [0.05, 0.1) is 24.0 Å². The Hall–Kier alpha value is -4.04. The third-order valence-corrected chi connectivity index (χ3v) is 5.74. The van der Waals surface area contributed by atoms with Gasteiger partial charge in [-0.15, -0.1) is 0 Å². The summed E-state index contributed by atoms with van der Waals surface area (Å²) in [6, 6.07) is 10.2. The summed E-state index contributed by atoms with van der Waals surface area (Å²) in [5.74, 6) is -8.27. The van der Waals surface area contributed by atoms with Crippen molar-refractivity contribution in [1.29, 1.82) is 0 Å². The standard InChI is InChI=1S/C20H25N3O2.3C2HF3O2/c1-16-4-2-6-18(22-16)13-24-19-7-9-25-20(10-19)14-23(15-20)12-17-5-3-8-21-11-17;3*3-2(4,5)1(6)7/h2-6,8,11,19H,7,9-10,12-15H2,1H3;3*(H,6,7). The van der Waals surface area contributed by atoms with Crippen molar-refractivity contribution in [2.24, 2.45) is 0 Å². The van der Waals surface area contributed by atoms with Crippen molar-refractivity contribution >= 4 is 17.9 Å². The van der Waals surface area contributed by atoms with Gasteiger partial charge in [-0.2, -0.15) is 39.5 Å². The average molecular weight is 682 g/mol. The van der Waals surface area contributed by atoms with Gasteiger partial charge in [0.25, 0.3) is 0 Å². The second-order valence-electron chi connectivity index (χ2n) is 9.64. The third kappa shape index (κ3) is 15.3. The Kier molecular flexibility index (Phi) is 14.8. The van der Waals surface area contributed by atoms with Crippen LogP contribution in [0.4, 0.5) is 39.5 Å². The van der Waals surface area contributed by atoms with Crippen molar-refractivity contribution in [2.75, 3.05) is 19.7 Å². The minimum Gasteiger partial charge on any atom is -0.475 e. The summed E-state index contributed by atoms with van der Waals surface area (Å²) in [4.78, 5) is 37.8. The summed E-state index contributed by atoms with van der Waals surface area (Å²) in [5.41, 5.74) is 3.28. The molecule has 4 heterocycles. The highest BCUT2D eigenvalue weighted by atomic mass is 19.4. The van der Waals surface area contributed by atoms with Gasteiger partial charge in [-0.1, -0.05) is 12.1 Å². The maximum atomic E-state index is 10.6. The monoisotopic (exact) mass is 681 g/mol. The van der Waals surface area contributed by atoms with E-state index in [1.807, 2.05) is 43.6 Å². The number of hydrogen-bond acceptors (Lipinski definition) is 8. The van der Waals surface area contributed by atoms with Crippen LogP contribution in [0.15, 0.2) is 42.7 Å². The van der Waals surface area contributed by atoms with E-state index >= 15 is 0 Å². The van der Waals surface area contributed by atoms with Crippen LogP contribution in [0.2, 0.25) is 0 Å². The number of pyridine rings is 2. The Morgan fingerprint density at radius 2 is 1.43 bits per heavy atom. The maximum Gasteiger partial charge on any atom is 0.490 e. The fraction of sp³-hybridized carbons (Fsp3) is 0.500. The van der Waals surface area contributed by atoms with E-state index in [0.29, 0.717) is 6.61 Å². The first-order valence-corrected chi connectivity index (χ1v) is 12.7. The molecule has 0 radical (unpaired) electrons. The topological polar surface area (TPSA) is 159 Å². The number of carboxylic acid groups (broad SMARTS) is 3. The first-order chi connectivity index (χ1) is 21.0. The van der Waals surface area contributed by atoms with E-state index in [1.54, 1.807) is 0 Å². The molecule has 1 atom stereocenters. The molecule has 2 aromatic rings. The fourth-order valence-electron chi connectivity index (χ4n) is 3.86. The Morgan fingerprint density at radius 3 is 1.87 bits per heavy atom. The van der Waals surface area contributed by atoms with E-state index in [1.165, 1.54) is 5.56 Å². The number of aromatic nitrogens is 2. The Bertz CT molecular complexity index is 1210. The molecule has 3 N–H and O–H groups in total. The molecule has 0 amide bonds. The molecule has 20 heteroatoms. The molecule has 0 bridgehead atoms. The highest BCUT2D eigenvalue weighted by Gasteiger charge is 2.47. The highest BCUT2D eigenvalue weighted by Crippen LogP contribution is 2.36. The van der Waals surface area contributed by atoms with E-state index in [-0.39, 0.29) is 11.7 Å². The van der Waals surface area contributed by atoms with Crippen LogP contribution >= 0.6 is 0 Å². The molecular weight excluding hydrogens is 653 g/mol. The fourth-order valence-corrected chi connectivity index (χ4v) is 3.86. The number of hydrogen-bond donors (Lipinski definition) is 3. The van der Waals surface area contributed by atoms with E-state index < -0.39 is 36.4 Å². The molecule has 0 saturated carbocycles. The number of aryl methyl sites for hydroxylation is 1. The van der Waals surface area contributed by atoms with Crippen LogP contribution < -0.4 is 0 Å². The summed E-state index contributed by atoms with van der Waals surface area (Å²) in [7, 11) is 0. The van der Waals surface area contributed by atoms with Crippen molar-refractivity contribution in [2.45, 2.75) is 63.2 Å². The predicted octanol–water partition coefficient (Wildman–Crippen LogP) is 4.64. The molecular formula is C26H28F9N3O8. The van der Waals surface area contributed by atoms with Crippen molar-refractivity contribution in [3.05, 3.63) is 59.7 Å². The van der Waals surface area contributed by atoms with Crippen molar-refractivity contribution in [3.8, 4) is 0 Å². The highest BCUT2D eigenvalue weighted by molar-refractivity contribution is 5.73. The minimum atomic E-state index is -5.08. The molecule has 258 valence electrons. The summed E-state index contributed by atoms with van der Waals surface area (Å²) < 4.78 is 107. The second-order valence-corrected chi connectivity index (χ2v) is 9.64. The first kappa shape index (κ1) is 40.0. The van der Waals surface area contributed by atoms with Gasteiger partial charge in [-0.3, -0.25) is 14.9 Å². The molecule has 1 unspecified atom stereocenters. The van der Waals surface area contributed by atoms with Crippen LogP contribution in [0.3, 0.4) is 0 Å². The number of aliphatic carboxylic acids is 3. The summed E-state index contributed by atoms with van der Waals surface area (Å²) in [5, 5.41) is 21.4. The van der Waals surface area contributed by atoms with Crippen LogP contribution in [0.5, 0.6) is 0 Å². The number of halogens is 9. The van der Waals surface area contributed by atoms with Gasteiger partial charge in [0.2, 0.25) is 0 Å². The van der Waals surface area contributed by atoms with Gasteiger partial charge in [0.15, 0.2) is 0 Å². The minimum absolute atomic E-state index is 0.0227. The molecule has 2 aliphatic heterocycles. The summed E-state index contributed by atoms with van der Waals surface area (Å²) in [6.45, 7) is 6.28. The Labute approximate surface area is 254 Å². The second kappa shape index (κ2) is 17.0. The van der Waals surface area contributed by atoms with Gasteiger partial charge in [0.1, 0.15) is 0 Å². The lowest BCUT2D eigenvalue weighted by Gasteiger charge is -2.53. The van der Waals surface area contributed by atoms with Gasteiger partial charge in [-0.05, 0) is 37.1 Å². The van der Waals surface area contributed by atoms with Crippen LogP contribution in [-0.4, -0.2) is 98.0 Å². The molecule has 0 aromatic carbocycles. The number of nitrogens with zero attached hydrogens (tertiary/aromatic N) is 3. The van der Waals surface area contributed by atoms with Crippen molar-refractivity contribution in [1.82, 2.24) is 14.9 Å². The van der Waals surface area contributed by atoms with E-state index in [0.717, 1.165) is 50.5 Å².